The van der Waals surface area contributed by atoms with Crippen LogP contribution >= 0.6 is 0 Å². The normalized spacial score (nSPS) is 15.8. The Balaban J connectivity index is 2.04. The molecule has 0 saturated carbocycles. The molecule has 0 bridgehead atoms. The summed E-state index contributed by atoms with van der Waals surface area (Å²) in [5.74, 6) is 0.204. The van der Waals surface area contributed by atoms with E-state index in [1.807, 2.05) is 0 Å². The molecule has 21 heavy (non-hydrogen) atoms. The number of sulfonamides is 1. The van der Waals surface area contributed by atoms with Gasteiger partial charge < -0.3 is 5.32 Å². The minimum absolute atomic E-state index is 0.127. The van der Waals surface area contributed by atoms with E-state index in [-0.39, 0.29) is 16.3 Å². The van der Waals surface area contributed by atoms with Crippen molar-refractivity contribution in [2.45, 2.75) is 25.7 Å². The van der Waals surface area contributed by atoms with E-state index in [1.54, 1.807) is 18.2 Å². The lowest BCUT2D eigenvalue weighted by Gasteiger charge is -2.22. The van der Waals surface area contributed by atoms with E-state index in [4.69, 9.17) is 0 Å². The largest absolute Gasteiger partial charge is 0.384 e. The molecule has 8 heteroatoms. The Hall–Kier alpha value is -2.09. The summed E-state index contributed by atoms with van der Waals surface area (Å²) < 4.78 is 28.2. The number of aromatic nitrogens is 3. The van der Waals surface area contributed by atoms with Gasteiger partial charge in [0.05, 0.1) is 5.69 Å². The number of hydrogen-bond acceptors (Lipinski definition) is 5. The number of nitrogens with zero attached hydrogens (tertiary/aromatic N) is 3. The van der Waals surface area contributed by atoms with Crippen LogP contribution in [0.25, 0.3) is 5.69 Å². The molecule has 2 N–H and O–H groups in total. The minimum Gasteiger partial charge on any atom is -0.384 e. The molecule has 112 valence electrons. The molecule has 1 aromatic carbocycles. The van der Waals surface area contributed by atoms with Crippen molar-refractivity contribution in [3.05, 3.63) is 24.5 Å². The monoisotopic (exact) mass is 307 g/mol. The molecule has 0 saturated heterocycles. The van der Waals surface area contributed by atoms with E-state index >= 15 is 0 Å². The van der Waals surface area contributed by atoms with Crippen LogP contribution < -0.4 is 10.0 Å². The lowest BCUT2D eigenvalue weighted by molar-refractivity contribution is 0.443. The van der Waals surface area contributed by atoms with Crippen molar-refractivity contribution in [1.82, 2.24) is 14.8 Å². The van der Waals surface area contributed by atoms with Crippen molar-refractivity contribution in [1.29, 1.82) is 0 Å². The van der Waals surface area contributed by atoms with Gasteiger partial charge in [-0.1, -0.05) is 20.8 Å². The van der Waals surface area contributed by atoms with Crippen LogP contribution in [0, 0.1) is 5.41 Å². The minimum atomic E-state index is -3.59. The lowest BCUT2D eigenvalue weighted by Crippen LogP contribution is -2.24. The molecular weight excluding hydrogens is 290 g/mol. The molecule has 0 unspecified atom stereocenters. The van der Waals surface area contributed by atoms with Gasteiger partial charge in [-0.25, -0.2) is 13.1 Å². The molecule has 7 nitrogen and oxygen atoms in total. The van der Waals surface area contributed by atoms with Gasteiger partial charge in [-0.05, 0) is 23.6 Å². The summed E-state index contributed by atoms with van der Waals surface area (Å²) >= 11 is 0. The fourth-order valence-corrected chi connectivity index (χ4v) is 3.21. The summed E-state index contributed by atoms with van der Waals surface area (Å²) in [7, 11) is -3.59. The zero-order valence-electron chi connectivity index (χ0n) is 12.1. The Morgan fingerprint density at radius 1 is 1.33 bits per heavy atom. The molecule has 0 fully saturated rings. The van der Waals surface area contributed by atoms with Crippen LogP contribution in [0.1, 0.15) is 20.8 Å². The Labute approximate surface area is 123 Å². The first kappa shape index (κ1) is 13.9. The maximum absolute atomic E-state index is 12.1. The zero-order valence-corrected chi connectivity index (χ0v) is 12.9. The van der Waals surface area contributed by atoms with Gasteiger partial charge in [0, 0.05) is 12.2 Å². The van der Waals surface area contributed by atoms with Crippen molar-refractivity contribution < 1.29 is 8.42 Å². The predicted octanol–water partition coefficient (Wildman–Crippen LogP) is 1.84. The van der Waals surface area contributed by atoms with Crippen LogP contribution in [0.15, 0.2) is 29.4 Å². The molecular formula is C13H17N5O2S. The third-order valence-corrected chi connectivity index (χ3v) is 4.45. The maximum atomic E-state index is 12.1. The van der Waals surface area contributed by atoms with Crippen LogP contribution in [0.4, 0.5) is 11.6 Å². The molecule has 1 aliphatic heterocycles. The van der Waals surface area contributed by atoms with Crippen molar-refractivity contribution in [2.24, 2.45) is 5.41 Å². The van der Waals surface area contributed by atoms with Crippen LogP contribution in [-0.4, -0.2) is 29.7 Å². The van der Waals surface area contributed by atoms with Crippen molar-refractivity contribution in [3.8, 4) is 5.69 Å². The first-order chi connectivity index (χ1) is 9.76. The fraction of sp³-hybridized carbons (Fsp3) is 0.385. The third-order valence-electron chi connectivity index (χ3n) is 3.07. The first-order valence-corrected chi connectivity index (χ1v) is 8.06. The Morgan fingerprint density at radius 3 is 2.81 bits per heavy atom. The first-order valence-electron chi connectivity index (χ1n) is 6.57. The van der Waals surface area contributed by atoms with E-state index in [1.165, 1.54) is 11.0 Å². The van der Waals surface area contributed by atoms with E-state index in [2.05, 4.69) is 40.9 Å². The number of benzene rings is 1. The van der Waals surface area contributed by atoms with Gasteiger partial charge in [-0.15, -0.1) is 0 Å². The molecule has 0 aliphatic carbocycles. The van der Waals surface area contributed by atoms with Crippen LogP contribution in [0.2, 0.25) is 0 Å². The fourth-order valence-electron chi connectivity index (χ4n) is 2.05. The molecule has 2 heterocycles. The molecule has 0 atom stereocenters. The number of fused-ring (bicyclic) bond motifs is 3. The number of hydrogen-bond donors (Lipinski definition) is 2. The van der Waals surface area contributed by atoms with Crippen LogP contribution in [0.5, 0.6) is 0 Å². The highest BCUT2D eigenvalue weighted by Crippen LogP contribution is 2.31. The van der Waals surface area contributed by atoms with E-state index in [9.17, 15) is 8.42 Å². The van der Waals surface area contributed by atoms with Crippen molar-refractivity contribution >= 4 is 21.7 Å². The standard InChI is InChI=1S/C13H17N5O2S/c1-13(2,3)7-14-9-4-5-11-10(6-9)18-12(15-8-16-18)17-21(11,19)20/h4-6,8,14H,7H2,1-3H3,(H,15,16,17). The highest BCUT2D eigenvalue weighted by atomic mass is 32.2. The van der Waals surface area contributed by atoms with Crippen LogP contribution in [0.3, 0.4) is 0 Å². The second-order valence-electron chi connectivity index (χ2n) is 6.20. The molecule has 0 spiro atoms. The second kappa shape index (κ2) is 4.45. The van der Waals surface area contributed by atoms with Crippen molar-refractivity contribution in [3.63, 3.8) is 0 Å². The number of rotatable bonds is 2. The number of anilines is 2. The summed E-state index contributed by atoms with van der Waals surface area (Å²) in [6, 6.07) is 5.11. The van der Waals surface area contributed by atoms with Gasteiger partial charge in [-0.2, -0.15) is 14.8 Å². The number of nitrogens with one attached hydrogen (secondary N) is 2. The summed E-state index contributed by atoms with van der Waals surface area (Å²) in [6.07, 6.45) is 1.32. The predicted molar refractivity (Wildman–Crippen MR) is 80.1 cm³/mol. The maximum Gasteiger partial charge on any atom is 0.266 e. The molecule has 0 amide bonds. The summed E-state index contributed by atoms with van der Waals surface area (Å²) in [5, 5.41) is 7.37. The van der Waals surface area contributed by atoms with Crippen LogP contribution in [-0.2, 0) is 10.0 Å². The van der Waals surface area contributed by atoms with E-state index < -0.39 is 10.0 Å². The molecule has 1 aromatic heterocycles. The van der Waals surface area contributed by atoms with Gasteiger partial charge in [0.25, 0.3) is 10.0 Å². The molecule has 3 rings (SSSR count). The average Bonchev–Trinajstić information content (AvgIpc) is 2.82. The lowest BCUT2D eigenvalue weighted by atomic mass is 9.97. The van der Waals surface area contributed by atoms with Gasteiger partial charge in [0.2, 0.25) is 5.95 Å². The topological polar surface area (TPSA) is 88.9 Å². The average molecular weight is 307 g/mol. The van der Waals surface area contributed by atoms with E-state index in [0.717, 1.165) is 12.2 Å². The van der Waals surface area contributed by atoms with Gasteiger partial charge in [-0.3, -0.25) is 0 Å². The Morgan fingerprint density at radius 2 is 2.10 bits per heavy atom. The smallest absolute Gasteiger partial charge is 0.266 e. The van der Waals surface area contributed by atoms with E-state index in [0.29, 0.717) is 5.69 Å². The Bertz CT molecular complexity index is 789. The van der Waals surface area contributed by atoms with Gasteiger partial charge >= 0.3 is 0 Å². The summed E-state index contributed by atoms with van der Waals surface area (Å²) in [4.78, 5) is 4.10. The molecule has 2 aromatic rings. The van der Waals surface area contributed by atoms with Gasteiger partial charge in [0.1, 0.15) is 11.2 Å². The third kappa shape index (κ3) is 2.58. The Kier molecular flexibility index (Phi) is 2.94. The van der Waals surface area contributed by atoms with Gasteiger partial charge in [0.15, 0.2) is 0 Å². The molecule has 0 radical (unpaired) electrons. The highest BCUT2D eigenvalue weighted by molar-refractivity contribution is 7.92. The highest BCUT2D eigenvalue weighted by Gasteiger charge is 2.29. The quantitative estimate of drug-likeness (QED) is 0.883. The second-order valence-corrected chi connectivity index (χ2v) is 7.85. The molecule has 1 aliphatic rings. The SMILES string of the molecule is CC(C)(C)CNc1ccc2c(c1)-n1ncnc1NS2(=O)=O. The zero-order chi connectivity index (χ0) is 15.3. The van der Waals surface area contributed by atoms with Crippen molar-refractivity contribution in [2.75, 3.05) is 16.6 Å². The summed E-state index contributed by atoms with van der Waals surface area (Å²) in [6.45, 7) is 7.16. The summed E-state index contributed by atoms with van der Waals surface area (Å²) in [5.41, 5.74) is 1.48.